The van der Waals surface area contributed by atoms with E-state index in [1.807, 2.05) is 6.07 Å². The first-order valence-electron chi connectivity index (χ1n) is 9.74. The van der Waals surface area contributed by atoms with Gasteiger partial charge in [-0.25, -0.2) is 0 Å². The Morgan fingerprint density at radius 1 is 1.41 bits per heavy atom. The number of benzene rings is 1. The van der Waals surface area contributed by atoms with Gasteiger partial charge >= 0.3 is 0 Å². The molecular formula is C20H28N4O3. The van der Waals surface area contributed by atoms with Crippen molar-refractivity contribution in [2.75, 3.05) is 19.6 Å². The number of hydrogen-bond acceptors (Lipinski definition) is 4. The van der Waals surface area contributed by atoms with Crippen molar-refractivity contribution in [2.45, 2.75) is 45.1 Å². The molecule has 0 aliphatic carbocycles. The summed E-state index contributed by atoms with van der Waals surface area (Å²) < 4.78 is 0. The molecule has 3 aliphatic heterocycles. The molecule has 146 valence electrons. The van der Waals surface area contributed by atoms with Crippen LogP contribution in [-0.2, 0) is 11.2 Å². The van der Waals surface area contributed by atoms with Crippen LogP contribution in [0.5, 0.6) is 0 Å². The molecule has 3 aliphatic rings. The Morgan fingerprint density at radius 3 is 2.78 bits per heavy atom. The number of carbonyl (C=O) groups is 2. The molecule has 27 heavy (non-hydrogen) atoms. The highest BCUT2D eigenvalue weighted by Gasteiger charge is 2.35. The van der Waals surface area contributed by atoms with Crippen molar-refractivity contribution >= 4 is 23.3 Å². The van der Waals surface area contributed by atoms with Crippen molar-refractivity contribution in [3.05, 3.63) is 29.5 Å². The number of H-pyrrole nitrogens is 1. The van der Waals surface area contributed by atoms with Crippen LogP contribution >= 0.6 is 0 Å². The van der Waals surface area contributed by atoms with Gasteiger partial charge in [0, 0.05) is 18.0 Å². The van der Waals surface area contributed by atoms with Crippen LogP contribution in [-0.4, -0.2) is 58.3 Å². The van der Waals surface area contributed by atoms with Crippen molar-refractivity contribution in [2.24, 2.45) is 5.92 Å². The maximum atomic E-state index is 12.8. The van der Waals surface area contributed by atoms with Crippen LogP contribution in [0.2, 0.25) is 0 Å². The summed E-state index contributed by atoms with van der Waals surface area (Å²) >= 11 is 0. The lowest BCUT2D eigenvalue weighted by Gasteiger charge is -2.44. The Hall–Kier alpha value is -2.41. The molecule has 3 saturated heterocycles. The third kappa shape index (κ3) is 4.47. The number of rotatable bonds is 5. The Bertz CT molecular complexity index is 781. The van der Waals surface area contributed by atoms with Gasteiger partial charge in [-0.1, -0.05) is 19.4 Å². The highest BCUT2D eigenvalue weighted by molar-refractivity contribution is 6.04. The Morgan fingerprint density at radius 2 is 2.15 bits per heavy atom. The molecule has 5 rings (SSSR count). The average molecular weight is 372 g/mol. The molecule has 3 fully saturated rings. The summed E-state index contributed by atoms with van der Waals surface area (Å²) in [6.07, 6.45) is 5.81. The number of hydrogen-bond donors (Lipinski definition) is 3. The molecule has 1 amide bonds. The van der Waals surface area contributed by atoms with Gasteiger partial charge < -0.3 is 15.3 Å². The number of amides is 1. The molecule has 7 nitrogen and oxygen atoms in total. The van der Waals surface area contributed by atoms with Crippen LogP contribution in [0.3, 0.4) is 0 Å². The van der Waals surface area contributed by atoms with E-state index in [9.17, 15) is 4.79 Å². The lowest BCUT2D eigenvalue weighted by Crippen LogP contribution is -2.57. The second-order valence-corrected chi connectivity index (χ2v) is 7.38. The van der Waals surface area contributed by atoms with Crippen molar-refractivity contribution in [1.29, 1.82) is 0 Å². The second-order valence-electron chi connectivity index (χ2n) is 7.38. The van der Waals surface area contributed by atoms with Gasteiger partial charge in [0.1, 0.15) is 0 Å². The number of unbranched alkanes of at least 4 members (excludes halogenated alkanes) is 1. The number of piperidine rings is 3. The zero-order valence-electron chi connectivity index (χ0n) is 15.8. The zero-order valence-corrected chi connectivity index (χ0v) is 15.8. The van der Waals surface area contributed by atoms with Gasteiger partial charge in [-0.15, -0.1) is 0 Å². The van der Waals surface area contributed by atoms with E-state index >= 15 is 0 Å². The van der Waals surface area contributed by atoms with Crippen LogP contribution in [0.15, 0.2) is 18.2 Å². The molecule has 3 N–H and O–H groups in total. The summed E-state index contributed by atoms with van der Waals surface area (Å²) in [7, 11) is 0. The molecule has 2 aromatic rings. The summed E-state index contributed by atoms with van der Waals surface area (Å²) in [6, 6.07) is 6.57. The standard InChI is InChI=1S/C19H26N4O.CH2O2/c1-2-3-4-13-5-6-16-15(11-13)18(22-21-16)19(24)20-17-12-23-9-7-14(17)8-10-23;2-1-3/h5-6,11,14,17H,2-4,7-10,12H2,1H3,(H,20,24)(H,21,22);1H,(H,2,3)/t17-;/m1./s1. The number of fused-ring (bicyclic) bond motifs is 4. The van der Waals surface area contributed by atoms with Crippen LogP contribution in [0.4, 0.5) is 0 Å². The van der Waals surface area contributed by atoms with E-state index in [1.54, 1.807) is 0 Å². The maximum Gasteiger partial charge on any atom is 0.290 e. The minimum Gasteiger partial charge on any atom is -0.483 e. The first-order valence-corrected chi connectivity index (χ1v) is 9.74. The molecule has 0 radical (unpaired) electrons. The third-order valence-corrected chi connectivity index (χ3v) is 5.63. The predicted molar refractivity (Wildman–Crippen MR) is 104 cm³/mol. The number of carboxylic acid groups (broad SMARTS) is 1. The van der Waals surface area contributed by atoms with E-state index < -0.39 is 0 Å². The summed E-state index contributed by atoms with van der Waals surface area (Å²) in [5.41, 5.74) is 2.76. The van der Waals surface area contributed by atoms with Gasteiger partial charge in [0.15, 0.2) is 5.69 Å². The predicted octanol–water partition coefficient (Wildman–Crippen LogP) is 2.43. The Kier molecular flexibility index (Phi) is 6.45. The number of carbonyl (C=O) groups excluding carboxylic acids is 1. The summed E-state index contributed by atoms with van der Waals surface area (Å²) in [6.45, 7) is 5.30. The number of aromatic nitrogens is 2. The fourth-order valence-electron chi connectivity index (χ4n) is 4.14. The third-order valence-electron chi connectivity index (χ3n) is 5.63. The smallest absolute Gasteiger partial charge is 0.290 e. The Balaban J connectivity index is 0.000000659. The van der Waals surface area contributed by atoms with E-state index in [2.05, 4.69) is 39.5 Å². The van der Waals surface area contributed by atoms with Gasteiger partial charge in [0.25, 0.3) is 12.4 Å². The molecule has 1 atom stereocenters. The summed E-state index contributed by atoms with van der Waals surface area (Å²) in [5, 5.41) is 18.4. The highest BCUT2D eigenvalue weighted by Crippen LogP contribution is 2.28. The quantitative estimate of drug-likeness (QED) is 0.700. The van der Waals surface area contributed by atoms with E-state index in [0.717, 1.165) is 23.9 Å². The van der Waals surface area contributed by atoms with Gasteiger partial charge in [-0.3, -0.25) is 14.7 Å². The van der Waals surface area contributed by atoms with E-state index in [4.69, 9.17) is 9.90 Å². The zero-order chi connectivity index (χ0) is 19.2. The first-order chi connectivity index (χ1) is 13.2. The number of nitrogens with zero attached hydrogens (tertiary/aromatic N) is 2. The molecular weight excluding hydrogens is 344 g/mol. The topological polar surface area (TPSA) is 98.3 Å². The summed E-state index contributed by atoms with van der Waals surface area (Å²) in [5.74, 6) is 0.594. The van der Waals surface area contributed by atoms with Gasteiger partial charge in [-0.2, -0.15) is 5.10 Å². The van der Waals surface area contributed by atoms with Gasteiger partial charge in [0.05, 0.1) is 5.52 Å². The van der Waals surface area contributed by atoms with Crippen LogP contribution in [0, 0.1) is 5.92 Å². The maximum absolute atomic E-state index is 12.8. The minimum absolute atomic E-state index is 0.0346. The normalized spacial score (nSPS) is 23.5. The molecule has 0 saturated carbocycles. The van der Waals surface area contributed by atoms with Gasteiger partial charge in [0.2, 0.25) is 0 Å². The molecule has 0 unspecified atom stereocenters. The lowest BCUT2D eigenvalue weighted by atomic mass is 9.84. The van der Waals surface area contributed by atoms with Crippen LogP contribution in [0.25, 0.3) is 10.9 Å². The van der Waals surface area contributed by atoms with Crippen molar-refractivity contribution in [3.63, 3.8) is 0 Å². The van der Waals surface area contributed by atoms with E-state index in [1.165, 1.54) is 44.3 Å². The monoisotopic (exact) mass is 372 g/mol. The van der Waals surface area contributed by atoms with Crippen molar-refractivity contribution in [3.8, 4) is 0 Å². The highest BCUT2D eigenvalue weighted by atomic mass is 16.3. The average Bonchev–Trinajstić information content (AvgIpc) is 3.11. The van der Waals surface area contributed by atoms with Crippen LogP contribution in [0.1, 0.15) is 48.7 Å². The summed E-state index contributed by atoms with van der Waals surface area (Å²) in [4.78, 5) is 23.6. The molecule has 1 aromatic carbocycles. The lowest BCUT2D eigenvalue weighted by molar-refractivity contribution is -0.122. The van der Waals surface area contributed by atoms with E-state index in [-0.39, 0.29) is 18.4 Å². The number of nitrogens with one attached hydrogen (secondary N) is 2. The van der Waals surface area contributed by atoms with Crippen molar-refractivity contribution in [1.82, 2.24) is 20.4 Å². The van der Waals surface area contributed by atoms with Crippen molar-refractivity contribution < 1.29 is 14.7 Å². The van der Waals surface area contributed by atoms with E-state index in [0.29, 0.717) is 11.6 Å². The second kappa shape index (κ2) is 8.99. The van der Waals surface area contributed by atoms with Gasteiger partial charge in [-0.05, 0) is 62.4 Å². The SMILES string of the molecule is CCCCc1ccc2[nH]nc(C(=O)N[C@@H]3CN4CCC3CC4)c2c1.O=CO. The molecule has 7 heteroatoms. The fourth-order valence-corrected chi connectivity index (χ4v) is 4.14. The molecule has 4 heterocycles. The largest absolute Gasteiger partial charge is 0.483 e. The molecule has 1 aromatic heterocycles. The first kappa shape index (κ1) is 19.4. The van der Waals surface area contributed by atoms with Crippen LogP contribution < -0.4 is 5.32 Å². The number of aryl methyl sites for hydroxylation is 1. The minimum atomic E-state index is -0.250. The Labute approximate surface area is 159 Å². The molecule has 2 bridgehead atoms. The molecule has 0 spiro atoms. The fraction of sp³-hybridized carbons (Fsp3) is 0.550. The number of aromatic amines is 1.